The van der Waals surface area contributed by atoms with Gasteiger partial charge in [0.15, 0.2) is 34.4 Å². The van der Waals surface area contributed by atoms with E-state index in [0.717, 1.165) is 20.9 Å². The molecule has 0 bridgehead atoms. The average molecular weight is 459 g/mol. The lowest BCUT2D eigenvalue weighted by atomic mass is 10.1. The van der Waals surface area contributed by atoms with Gasteiger partial charge in [-0.05, 0) is 19.1 Å². The van der Waals surface area contributed by atoms with E-state index in [1.807, 2.05) is 24.3 Å². The number of ether oxygens (including phenoxy) is 2. The molecule has 2 aromatic heterocycles. The first-order valence-corrected chi connectivity index (χ1v) is 10.6. The van der Waals surface area contributed by atoms with Crippen molar-refractivity contribution in [1.82, 2.24) is 23.9 Å². The van der Waals surface area contributed by atoms with Crippen LogP contribution in [0.3, 0.4) is 0 Å². The Morgan fingerprint density at radius 1 is 1.12 bits per heavy atom. The molecule has 0 amide bonds. The Balaban J connectivity index is 1.56. The van der Waals surface area contributed by atoms with Crippen LogP contribution in [-0.2, 0) is 21.1 Å². The third-order valence-corrected chi connectivity index (χ3v) is 6.41. The predicted molar refractivity (Wildman–Crippen MR) is 117 cm³/mol. The minimum absolute atomic E-state index is 0.166. The van der Waals surface area contributed by atoms with Crippen LogP contribution >= 0.6 is 11.8 Å². The SMILES string of the molecule is CC(Sc1nnc(C2COc3ccccc3O2)n1C)C(=O)c1c(N)n(C)c(=O)n(C)c1=O. The molecule has 0 spiro atoms. The monoisotopic (exact) mass is 458 g/mol. The van der Waals surface area contributed by atoms with Crippen LogP contribution in [-0.4, -0.2) is 41.5 Å². The normalized spacial score (nSPS) is 16.1. The number of carbonyl (C=O) groups excluding carboxylic acids is 1. The van der Waals surface area contributed by atoms with Gasteiger partial charge in [0.1, 0.15) is 18.0 Å². The molecule has 2 atom stereocenters. The smallest absolute Gasteiger partial charge is 0.332 e. The minimum Gasteiger partial charge on any atom is -0.485 e. The predicted octanol–water partition coefficient (Wildman–Crippen LogP) is 0.671. The van der Waals surface area contributed by atoms with Gasteiger partial charge in [-0.3, -0.25) is 18.7 Å². The van der Waals surface area contributed by atoms with Crippen LogP contribution in [0.4, 0.5) is 5.82 Å². The lowest BCUT2D eigenvalue weighted by molar-refractivity contribution is 0.0825. The number of nitrogens with zero attached hydrogens (tertiary/aromatic N) is 5. The number of benzene rings is 1. The topological polar surface area (TPSA) is 136 Å². The van der Waals surface area contributed by atoms with Gasteiger partial charge in [-0.2, -0.15) is 0 Å². The Labute approximate surface area is 186 Å². The highest BCUT2D eigenvalue weighted by molar-refractivity contribution is 8.00. The van der Waals surface area contributed by atoms with Crippen LogP contribution in [0.2, 0.25) is 0 Å². The molecule has 168 valence electrons. The first-order valence-electron chi connectivity index (χ1n) is 9.74. The lowest BCUT2D eigenvalue weighted by Crippen LogP contribution is -2.42. The fourth-order valence-electron chi connectivity index (χ4n) is 3.36. The molecule has 1 aliphatic heterocycles. The second kappa shape index (κ2) is 8.19. The van der Waals surface area contributed by atoms with Gasteiger partial charge in [-0.15, -0.1) is 10.2 Å². The Bertz CT molecular complexity index is 1330. The summed E-state index contributed by atoms with van der Waals surface area (Å²) in [4.78, 5) is 37.6. The number of Topliss-reactive ketones (excluding diaryl/α,β-unsaturated/α-hetero) is 1. The number of nitrogens with two attached hydrogens (primary N) is 1. The van der Waals surface area contributed by atoms with E-state index in [9.17, 15) is 14.4 Å². The fraction of sp³-hybridized carbons (Fsp3) is 0.350. The number of ketones is 1. The molecule has 32 heavy (non-hydrogen) atoms. The molecule has 2 unspecified atom stereocenters. The summed E-state index contributed by atoms with van der Waals surface area (Å²) in [5, 5.41) is 8.14. The number of anilines is 1. The van der Waals surface area contributed by atoms with Gasteiger partial charge >= 0.3 is 5.69 Å². The number of aromatic nitrogens is 5. The number of para-hydroxylation sites is 2. The van der Waals surface area contributed by atoms with Gasteiger partial charge in [0.25, 0.3) is 5.56 Å². The summed E-state index contributed by atoms with van der Waals surface area (Å²) in [6.07, 6.45) is -0.464. The molecule has 3 aromatic rings. The summed E-state index contributed by atoms with van der Waals surface area (Å²) in [5.41, 5.74) is 4.36. The Morgan fingerprint density at radius 2 is 1.81 bits per heavy atom. The molecular weight excluding hydrogens is 436 g/mol. The number of hydrogen-bond donors (Lipinski definition) is 1. The average Bonchev–Trinajstić information content (AvgIpc) is 3.15. The van der Waals surface area contributed by atoms with Gasteiger partial charge < -0.3 is 19.8 Å². The molecule has 0 saturated carbocycles. The van der Waals surface area contributed by atoms with Crippen LogP contribution in [0.1, 0.15) is 29.2 Å². The number of hydrogen-bond acceptors (Lipinski definition) is 9. The maximum absolute atomic E-state index is 13.0. The summed E-state index contributed by atoms with van der Waals surface area (Å²) in [5.74, 6) is 1.15. The molecule has 1 aliphatic rings. The van der Waals surface area contributed by atoms with E-state index in [4.69, 9.17) is 15.2 Å². The summed E-state index contributed by atoms with van der Waals surface area (Å²) in [6, 6.07) is 7.35. The number of rotatable bonds is 5. The molecule has 4 rings (SSSR count). The Kier molecular flexibility index (Phi) is 5.55. The maximum atomic E-state index is 13.0. The molecule has 0 saturated heterocycles. The molecule has 0 radical (unpaired) electrons. The van der Waals surface area contributed by atoms with Crippen molar-refractivity contribution < 1.29 is 14.3 Å². The van der Waals surface area contributed by atoms with E-state index >= 15 is 0 Å². The summed E-state index contributed by atoms with van der Waals surface area (Å²) in [6.45, 7) is 1.91. The number of nitrogen functional groups attached to an aromatic ring is 1. The van der Waals surface area contributed by atoms with Gasteiger partial charge in [-0.25, -0.2) is 4.79 Å². The van der Waals surface area contributed by atoms with Crippen molar-refractivity contribution in [3.05, 3.63) is 56.5 Å². The number of thioether (sulfide) groups is 1. The third-order valence-electron chi connectivity index (χ3n) is 5.27. The van der Waals surface area contributed by atoms with Crippen molar-refractivity contribution in [2.75, 3.05) is 12.3 Å². The zero-order valence-corrected chi connectivity index (χ0v) is 18.8. The first kappa shape index (κ1) is 21.7. The Hall–Kier alpha value is -3.54. The molecule has 0 aliphatic carbocycles. The second-order valence-corrected chi connectivity index (χ2v) is 8.66. The first-order chi connectivity index (χ1) is 15.2. The van der Waals surface area contributed by atoms with E-state index < -0.39 is 28.4 Å². The molecule has 0 fully saturated rings. The van der Waals surface area contributed by atoms with Crippen molar-refractivity contribution in [1.29, 1.82) is 0 Å². The second-order valence-electron chi connectivity index (χ2n) is 7.35. The fourth-order valence-corrected chi connectivity index (χ4v) is 4.24. The summed E-state index contributed by atoms with van der Waals surface area (Å²) < 4.78 is 15.4. The van der Waals surface area contributed by atoms with Gasteiger partial charge in [0.2, 0.25) is 0 Å². The standard InChI is InChI=1S/C20H22N6O5S/c1-10(15(27)14-16(21)24(2)20(29)26(4)18(14)28)32-19-23-22-17(25(19)3)13-9-30-11-7-5-6-8-12(11)31-13/h5-8,10,13H,9,21H2,1-4H3. The van der Waals surface area contributed by atoms with Crippen LogP contribution in [0, 0.1) is 0 Å². The largest absolute Gasteiger partial charge is 0.485 e. The van der Waals surface area contributed by atoms with Crippen LogP contribution in [0.25, 0.3) is 0 Å². The van der Waals surface area contributed by atoms with E-state index in [2.05, 4.69) is 10.2 Å². The highest BCUT2D eigenvalue weighted by Gasteiger charge is 2.30. The van der Waals surface area contributed by atoms with Crippen LogP contribution in [0.5, 0.6) is 11.5 Å². The van der Waals surface area contributed by atoms with Crippen LogP contribution < -0.4 is 26.5 Å². The molecule has 11 nitrogen and oxygen atoms in total. The van der Waals surface area contributed by atoms with E-state index in [1.165, 1.54) is 14.1 Å². The molecule has 3 heterocycles. The van der Waals surface area contributed by atoms with Crippen molar-refractivity contribution in [3.8, 4) is 11.5 Å². The Morgan fingerprint density at radius 3 is 2.53 bits per heavy atom. The highest BCUT2D eigenvalue weighted by Crippen LogP contribution is 2.36. The molecule has 1 aromatic carbocycles. The maximum Gasteiger partial charge on any atom is 0.332 e. The van der Waals surface area contributed by atoms with Crippen molar-refractivity contribution in [3.63, 3.8) is 0 Å². The van der Waals surface area contributed by atoms with Crippen molar-refractivity contribution >= 4 is 23.4 Å². The minimum atomic E-state index is -0.729. The lowest BCUT2D eigenvalue weighted by Gasteiger charge is -2.25. The van der Waals surface area contributed by atoms with Gasteiger partial charge in [0, 0.05) is 21.1 Å². The van der Waals surface area contributed by atoms with E-state index in [1.54, 1.807) is 18.5 Å². The summed E-state index contributed by atoms with van der Waals surface area (Å²) >= 11 is 1.13. The van der Waals surface area contributed by atoms with E-state index in [-0.39, 0.29) is 18.0 Å². The number of fused-ring (bicyclic) bond motifs is 1. The van der Waals surface area contributed by atoms with Crippen molar-refractivity contribution in [2.24, 2.45) is 21.1 Å². The van der Waals surface area contributed by atoms with Gasteiger partial charge in [0.05, 0.1) is 5.25 Å². The van der Waals surface area contributed by atoms with E-state index in [0.29, 0.717) is 22.5 Å². The molecular formula is C20H22N6O5S. The van der Waals surface area contributed by atoms with Gasteiger partial charge in [-0.1, -0.05) is 23.9 Å². The molecule has 12 heteroatoms. The van der Waals surface area contributed by atoms with Crippen LogP contribution in [0.15, 0.2) is 39.0 Å². The quantitative estimate of drug-likeness (QED) is 0.432. The summed E-state index contributed by atoms with van der Waals surface area (Å²) in [7, 11) is 4.47. The number of carbonyl (C=O) groups is 1. The zero-order valence-electron chi connectivity index (χ0n) is 17.9. The van der Waals surface area contributed by atoms with Crippen molar-refractivity contribution in [2.45, 2.75) is 23.4 Å². The zero-order chi connectivity index (χ0) is 23.2. The highest BCUT2D eigenvalue weighted by atomic mass is 32.2. The molecule has 2 N–H and O–H groups in total. The third kappa shape index (κ3) is 3.55.